The van der Waals surface area contributed by atoms with Crippen LogP contribution in [-0.4, -0.2) is 14.8 Å². The molecule has 0 aliphatic carbocycles. The molecular weight excluding hydrogens is 224 g/mol. The van der Waals surface area contributed by atoms with Gasteiger partial charge in [0.25, 0.3) is 0 Å². The average molecular weight is 237 g/mol. The van der Waals surface area contributed by atoms with E-state index < -0.39 is 0 Å². The van der Waals surface area contributed by atoms with E-state index in [1.807, 2.05) is 24.6 Å². The minimum absolute atomic E-state index is 0.475. The van der Waals surface area contributed by atoms with Crippen molar-refractivity contribution in [2.45, 2.75) is 20.4 Å². The number of hydrogen-bond donors (Lipinski definition) is 1. The van der Waals surface area contributed by atoms with Crippen molar-refractivity contribution in [1.82, 2.24) is 14.8 Å². The molecule has 16 heavy (non-hydrogen) atoms. The number of aromatic nitrogens is 3. The fourth-order valence-corrected chi connectivity index (χ4v) is 1.88. The molecule has 2 aromatic heterocycles. The van der Waals surface area contributed by atoms with Crippen LogP contribution in [0.2, 0.25) is 5.02 Å². The number of pyridine rings is 1. The van der Waals surface area contributed by atoms with Crippen molar-refractivity contribution < 1.29 is 0 Å². The molecule has 2 N–H and O–H groups in total. The molecule has 0 aliphatic rings. The maximum atomic E-state index is 6.12. The van der Waals surface area contributed by atoms with Crippen LogP contribution >= 0.6 is 11.6 Å². The van der Waals surface area contributed by atoms with Crippen molar-refractivity contribution >= 4 is 17.4 Å². The zero-order valence-corrected chi connectivity index (χ0v) is 9.99. The lowest BCUT2D eigenvalue weighted by Crippen LogP contribution is -2.02. The molecule has 0 aromatic carbocycles. The summed E-state index contributed by atoms with van der Waals surface area (Å²) in [5.41, 5.74) is 8.58. The molecule has 0 saturated carbocycles. The maximum absolute atomic E-state index is 6.12. The van der Waals surface area contributed by atoms with Crippen molar-refractivity contribution in [1.29, 1.82) is 0 Å². The van der Waals surface area contributed by atoms with Gasteiger partial charge in [0.05, 0.1) is 16.9 Å². The van der Waals surface area contributed by atoms with Crippen LogP contribution in [0.3, 0.4) is 0 Å². The van der Waals surface area contributed by atoms with Gasteiger partial charge in [-0.2, -0.15) is 5.10 Å². The highest BCUT2D eigenvalue weighted by atomic mass is 35.5. The molecule has 0 spiro atoms. The van der Waals surface area contributed by atoms with Gasteiger partial charge in [0, 0.05) is 18.3 Å². The third kappa shape index (κ3) is 1.76. The Hall–Kier alpha value is -1.55. The predicted molar refractivity (Wildman–Crippen MR) is 65.3 cm³/mol. The van der Waals surface area contributed by atoms with Gasteiger partial charge in [0.2, 0.25) is 0 Å². The first kappa shape index (κ1) is 11.0. The van der Waals surface area contributed by atoms with Crippen LogP contribution in [0.25, 0.3) is 11.3 Å². The van der Waals surface area contributed by atoms with Crippen molar-refractivity contribution in [3.05, 3.63) is 29.0 Å². The summed E-state index contributed by atoms with van der Waals surface area (Å²) in [7, 11) is 0. The summed E-state index contributed by atoms with van der Waals surface area (Å²) in [6, 6.07) is 1.97. The summed E-state index contributed by atoms with van der Waals surface area (Å²) in [6.45, 7) is 4.72. The van der Waals surface area contributed by atoms with Crippen molar-refractivity contribution in [3.8, 4) is 11.3 Å². The summed E-state index contributed by atoms with van der Waals surface area (Å²) >= 11 is 6.12. The standard InChI is InChI=1S/C11H13ClN4/c1-3-16-10(9(12)6-15-16)8-4-7(2)5-14-11(8)13/h4-6H,3H2,1-2H3,(H2,13,14). The molecule has 84 valence electrons. The van der Waals surface area contributed by atoms with Crippen LogP contribution in [0, 0.1) is 6.92 Å². The van der Waals surface area contributed by atoms with Crippen LogP contribution < -0.4 is 5.73 Å². The van der Waals surface area contributed by atoms with Crippen LogP contribution in [0.15, 0.2) is 18.5 Å². The summed E-state index contributed by atoms with van der Waals surface area (Å²) in [4.78, 5) is 4.13. The zero-order chi connectivity index (χ0) is 11.7. The molecular formula is C11H13ClN4. The van der Waals surface area contributed by atoms with E-state index in [-0.39, 0.29) is 0 Å². The van der Waals surface area contributed by atoms with Gasteiger partial charge in [-0.3, -0.25) is 4.68 Å². The second-order valence-corrected chi connectivity index (χ2v) is 4.01. The number of halogens is 1. The zero-order valence-electron chi connectivity index (χ0n) is 9.24. The van der Waals surface area contributed by atoms with E-state index >= 15 is 0 Å². The maximum Gasteiger partial charge on any atom is 0.132 e. The third-order valence-electron chi connectivity index (χ3n) is 2.40. The van der Waals surface area contributed by atoms with Gasteiger partial charge in [0.1, 0.15) is 5.82 Å². The Morgan fingerprint density at radius 1 is 1.44 bits per heavy atom. The van der Waals surface area contributed by atoms with Gasteiger partial charge in [-0.15, -0.1) is 0 Å². The molecule has 0 aliphatic heterocycles. The first-order chi connectivity index (χ1) is 7.63. The molecule has 2 heterocycles. The van der Waals surface area contributed by atoms with E-state index in [0.717, 1.165) is 23.4 Å². The van der Waals surface area contributed by atoms with Gasteiger partial charge in [-0.1, -0.05) is 11.6 Å². The Labute approximate surface area is 99.1 Å². The number of nitrogens with two attached hydrogens (primary N) is 1. The Kier molecular flexibility index (Phi) is 2.83. The topological polar surface area (TPSA) is 56.7 Å². The fraction of sp³-hybridized carbons (Fsp3) is 0.273. The van der Waals surface area contributed by atoms with Crippen LogP contribution in [0.5, 0.6) is 0 Å². The van der Waals surface area contributed by atoms with Crippen molar-refractivity contribution in [2.24, 2.45) is 0 Å². The van der Waals surface area contributed by atoms with E-state index in [1.165, 1.54) is 0 Å². The van der Waals surface area contributed by atoms with E-state index in [4.69, 9.17) is 17.3 Å². The predicted octanol–water partition coefficient (Wildman–Crippen LogP) is 2.51. The molecule has 0 atom stereocenters. The summed E-state index contributed by atoms with van der Waals surface area (Å²) < 4.78 is 1.81. The van der Waals surface area contributed by atoms with E-state index in [0.29, 0.717) is 10.8 Å². The summed E-state index contributed by atoms with van der Waals surface area (Å²) in [5, 5.41) is 4.78. The Bertz CT molecular complexity index is 519. The lowest BCUT2D eigenvalue weighted by molar-refractivity contribution is 0.667. The molecule has 0 fully saturated rings. The summed E-state index contributed by atoms with van der Waals surface area (Å²) in [6.07, 6.45) is 3.36. The van der Waals surface area contributed by atoms with Crippen LogP contribution in [0.4, 0.5) is 5.82 Å². The highest BCUT2D eigenvalue weighted by molar-refractivity contribution is 6.33. The monoisotopic (exact) mass is 236 g/mol. The number of rotatable bonds is 2. The number of anilines is 1. The van der Waals surface area contributed by atoms with Crippen LogP contribution in [-0.2, 0) is 6.54 Å². The highest BCUT2D eigenvalue weighted by Crippen LogP contribution is 2.31. The molecule has 2 rings (SSSR count). The first-order valence-electron chi connectivity index (χ1n) is 5.07. The molecule has 4 nitrogen and oxygen atoms in total. The Balaban J connectivity index is 2.66. The normalized spacial score (nSPS) is 10.7. The molecule has 0 bridgehead atoms. The van der Waals surface area contributed by atoms with Gasteiger partial charge >= 0.3 is 0 Å². The van der Waals surface area contributed by atoms with Crippen molar-refractivity contribution in [3.63, 3.8) is 0 Å². The van der Waals surface area contributed by atoms with Gasteiger partial charge in [-0.25, -0.2) is 4.98 Å². The Morgan fingerprint density at radius 2 is 2.19 bits per heavy atom. The largest absolute Gasteiger partial charge is 0.383 e. The fourth-order valence-electron chi connectivity index (χ4n) is 1.64. The van der Waals surface area contributed by atoms with Gasteiger partial charge in [-0.05, 0) is 25.5 Å². The molecule has 2 aromatic rings. The van der Waals surface area contributed by atoms with Crippen LogP contribution in [0.1, 0.15) is 12.5 Å². The van der Waals surface area contributed by atoms with Crippen molar-refractivity contribution in [2.75, 3.05) is 5.73 Å². The second kappa shape index (κ2) is 4.14. The number of aryl methyl sites for hydroxylation is 2. The quantitative estimate of drug-likeness (QED) is 0.872. The van der Waals surface area contributed by atoms with E-state index in [2.05, 4.69) is 10.1 Å². The Morgan fingerprint density at radius 3 is 2.88 bits per heavy atom. The summed E-state index contributed by atoms with van der Waals surface area (Å²) in [5.74, 6) is 0.475. The first-order valence-corrected chi connectivity index (χ1v) is 5.45. The SMILES string of the molecule is CCn1ncc(Cl)c1-c1cc(C)cnc1N. The lowest BCUT2D eigenvalue weighted by atomic mass is 10.1. The smallest absolute Gasteiger partial charge is 0.132 e. The van der Waals surface area contributed by atoms with Gasteiger partial charge in [0.15, 0.2) is 0 Å². The highest BCUT2D eigenvalue weighted by Gasteiger charge is 2.14. The molecule has 0 radical (unpaired) electrons. The van der Waals surface area contributed by atoms with E-state index in [9.17, 15) is 0 Å². The minimum atomic E-state index is 0.475. The molecule has 0 unspecified atom stereocenters. The molecule has 0 amide bonds. The number of nitrogen functional groups attached to an aromatic ring is 1. The number of hydrogen-bond acceptors (Lipinski definition) is 3. The van der Waals surface area contributed by atoms with Gasteiger partial charge < -0.3 is 5.73 Å². The third-order valence-corrected chi connectivity index (χ3v) is 2.68. The molecule has 0 saturated heterocycles. The second-order valence-electron chi connectivity index (χ2n) is 3.60. The number of nitrogens with zero attached hydrogens (tertiary/aromatic N) is 3. The molecule has 5 heteroatoms. The minimum Gasteiger partial charge on any atom is -0.383 e. The van der Waals surface area contributed by atoms with E-state index in [1.54, 1.807) is 12.4 Å². The lowest BCUT2D eigenvalue weighted by Gasteiger charge is -2.08. The average Bonchev–Trinajstić information content (AvgIpc) is 2.63.